The van der Waals surface area contributed by atoms with Crippen LogP contribution < -0.4 is 16.4 Å². The van der Waals surface area contributed by atoms with Gasteiger partial charge in [0.05, 0.1) is 12.3 Å². The van der Waals surface area contributed by atoms with Gasteiger partial charge in [0.25, 0.3) is 5.91 Å². The number of hydrogen-bond acceptors (Lipinski definition) is 5. The van der Waals surface area contributed by atoms with E-state index in [2.05, 4.69) is 10.6 Å². The number of nitrogens with zero attached hydrogens (tertiary/aromatic N) is 1. The summed E-state index contributed by atoms with van der Waals surface area (Å²) in [6, 6.07) is 6.68. The van der Waals surface area contributed by atoms with Gasteiger partial charge in [-0.2, -0.15) is 0 Å². The van der Waals surface area contributed by atoms with Gasteiger partial charge in [-0.25, -0.2) is 14.0 Å². The maximum Gasteiger partial charge on any atom is 0.409 e. The molecule has 0 spiro atoms. The highest BCUT2D eigenvalue weighted by molar-refractivity contribution is 7.18. The smallest absolute Gasteiger partial charge is 0.409 e. The Hall–Kier alpha value is -3.14. The van der Waals surface area contributed by atoms with Gasteiger partial charge in [-0.1, -0.05) is 25.5 Å². The van der Waals surface area contributed by atoms with Crippen LogP contribution in [0.1, 0.15) is 42.3 Å². The molecule has 4 N–H and O–H groups in total. The molecule has 0 aliphatic carbocycles. The number of carbonyl (C=O) groups is 3. The predicted molar refractivity (Wildman–Crippen MR) is 121 cm³/mol. The zero-order valence-corrected chi connectivity index (χ0v) is 18.7. The van der Waals surface area contributed by atoms with Crippen molar-refractivity contribution in [2.45, 2.75) is 38.6 Å². The van der Waals surface area contributed by atoms with E-state index in [4.69, 9.17) is 10.5 Å². The quantitative estimate of drug-likeness (QED) is 0.536. The number of nitrogens with one attached hydrogen (secondary N) is 2. The number of unbranched alkanes of at least 4 members (excludes halogenated alkanes) is 1. The zero-order chi connectivity index (χ0) is 23.1. The van der Waals surface area contributed by atoms with Crippen molar-refractivity contribution in [1.29, 1.82) is 0 Å². The molecule has 3 rings (SSSR count). The minimum Gasteiger partial charge on any atom is -0.449 e. The van der Waals surface area contributed by atoms with Crippen molar-refractivity contribution >= 4 is 35.1 Å². The number of nitrogens with two attached hydrogens (primary N) is 1. The molecule has 172 valence electrons. The summed E-state index contributed by atoms with van der Waals surface area (Å²) in [5.74, 6) is -0.753. The third-order valence-corrected chi connectivity index (χ3v) is 6.30. The molecule has 1 saturated heterocycles. The lowest BCUT2D eigenvalue weighted by atomic mass is 10.1. The highest BCUT2D eigenvalue weighted by Gasteiger charge is 2.26. The molecule has 0 atom stereocenters. The Morgan fingerprint density at radius 3 is 2.66 bits per heavy atom. The van der Waals surface area contributed by atoms with Gasteiger partial charge >= 0.3 is 12.1 Å². The van der Waals surface area contributed by atoms with E-state index in [0.717, 1.165) is 24.2 Å². The summed E-state index contributed by atoms with van der Waals surface area (Å²) < 4.78 is 18.8. The molecule has 1 aromatic heterocycles. The average Bonchev–Trinajstić information content (AvgIpc) is 3.17. The summed E-state index contributed by atoms with van der Waals surface area (Å²) in [6.07, 6.45) is 2.65. The minimum atomic E-state index is -0.794. The Morgan fingerprint density at radius 1 is 1.25 bits per heavy atom. The van der Waals surface area contributed by atoms with Crippen LogP contribution in [0.4, 0.5) is 19.7 Å². The van der Waals surface area contributed by atoms with Crippen molar-refractivity contribution in [2.24, 2.45) is 5.73 Å². The molecule has 0 radical (unpaired) electrons. The Kier molecular flexibility index (Phi) is 8.04. The van der Waals surface area contributed by atoms with Crippen LogP contribution in [0.5, 0.6) is 0 Å². The van der Waals surface area contributed by atoms with Crippen LogP contribution in [0.2, 0.25) is 0 Å². The molecule has 2 aromatic rings. The van der Waals surface area contributed by atoms with Gasteiger partial charge in [0.2, 0.25) is 0 Å². The van der Waals surface area contributed by atoms with Gasteiger partial charge in [-0.15, -0.1) is 11.3 Å². The van der Waals surface area contributed by atoms with Gasteiger partial charge in [0, 0.05) is 24.0 Å². The van der Waals surface area contributed by atoms with Crippen molar-refractivity contribution < 1.29 is 23.5 Å². The van der Waals surface area contributed by atoms with Crippen molar-refractivity contribution in [3.05, 3.63) is 41.0 Å². The summed E-state index contributed by atoms with van der Waals surface area (Å²) in [7, 11) is 0. The number of ether oxygens (including phenoxy) is 1. The van der Waals surface area contributed by atoms with Gasteiger partial charge < -0.3 is 26.0 Å². The summed E-state index contributed by atoms with van der Waals surface area (Å²) >= 11 is 1.14. The van der Waals surface area contributed by atoms with E-state index >= 15 is 0 Å². The van der Waals surface area contributed by atoms with Crippen molar-refractivity contribution in [3.8, 4) is 10.4 Å². The number of benzene rings is 1. The highest BCUT2D eigenvalue weighted by Crippen LogP contribution is 2.35. The number of rotatable bonds is 7. The Bertz CT molecular complexity index is 973. The van der Waals surface area contributed by atoms with Gasteiger partial charge in [-0.05, 0) is 43.0 Å². The first kappa shape index (κ1) is 23.5. The average molecular weight is 463 g/mol. The maximum absolute atomic E-state index is 13.6. The van der Waals surface area contributed by atoms with Crippen molar-refractivity contribution in [2.75, 3.05) is 25.0 Å². The van der Waals surface area contributed by atoms with E-state index in [1.807, 2.05) is 6.92 Å². The first-order valence-corrected chi connectivity index (χ1v) is 11.4. The molecule has 1 fully saturated rings. The third-order valence-electron chi connectivity index (χ3n) is 5.12. The summed E-state index contributed by atoms with van der Waals surface area (Å²) in [5.41, 5.74) is 6.12. The lowest BCUT2D eigenvalue weighted by molar-refractivity contribution is 0.0839. The van der Waals surface area contributed by atoms with E-state index in [9.17, 15) is 18.8 Å². The third kappa shape index (κ3) is 6.19. The second-order valence-corrected chi connectivity index (χ2v) is 8.61. The molecule has 0 saturated carbocycles. The lowest BCUT2D eigenvalue weighted by Gasteiger charge is -2.31. The number of thiophene rings is 1. The molecule has 4 amide bonds. The van der Waals surface area contributed by atoms with Crippen LogP contribution in [0.3, 0.4) is 0 Å². The van der Waals surface area contributed by atoms with Gasteiger partial charge in [0.15, 0.2) is 0 Å². The second-order valence-electron chi connectivity index (χ2n) is 7.56. The van der Waals surface area contributed by atoms with E-state index in [1.54, 1.807) is 23.1 Å². The number of primary amides is 1. The van der Waals surface area contributed by atoms with Crippen molar-refractivity contribution in [1.82, 2.24) is 10.2 Å². The maximum atomic E-state index is 13.6. The van der Waals surface area contributed by atoms with Crippen LogP contribution in [0.25, 0.3) is 10.4 Å². The molecular weight excluding hydrogens is 435 g/mol. The second kappa shape index (κ2) is 10.9. The molecule has 10 heteroatoms. The number of anilines is 1. The predicted octanol–water partition coefficient (Wildman–Crippen LogP) is 4.18. The Morgan fingerprint density at radius 2 is 2.00 bits per heavy atom. The molecule has 1 aliphatic heterocycles. The summed E-state index contributed by atoms with van der Waals surface area (Å²) in [4.78, 5) is 39.0. The first-order valence-electron chi connectivity index (χ1n) is 10.6. The van der Waals surface area contributed by atoms with Crippen LogP contribution in [-0.2, 0) is 4.74 Å². The Balaban J connectivity index is 1.64. The number of urea groups is 1. The lowest BCUT2D eigenvalue weighted by Crippen LogP contribution is -2.46. The van der Waals surface area contributed by atoms with E-state index in [-0.39, 0.29) is 28.6 Å². The fourth-order valence-corrected chi connectivity index (χ4v) is 4.43. The van der Waals surface area contributed by atoms with Gasteiger partial charge in [-0.3, -0.25) is 4.79 Å². The van der Waals surface area contributed by atoms with Crippen LogP contribution in [0.15, 0.2) is 30.3 Å². The fraction of sp³-hybridized carbons (Fsp3) is 0.409. The van der Waals surface area contributed by atoms with Crippen LogP contribution in [0, 0.1) is 5.82 Å². The monoisotopic (exact) mass is 462 g/mol. The summed E-state index contributed by atoms with van der Waals surface area (Å²) in [6.45, 7) is 3.41. The number of hydrogen-bond donors (Lipinski definition) is 3. The molecule has 32 heavy (non-hydrogen) atoms. The molecular formula is C22H27FN4O4S. The molecule has 2 heterocycles. The highest BCUT2D eigenvalue weighted by atomic mass is 32.1. The van der Waals surface area contributed by atoms with E-state index in [1.165, 1.54) is 12.1 Å². The first-order chi connectivity index (χ1) is 15.4. The van der Waals surface area contributed by atoms with Crippen LogP contribution >= 0.6 is 11.3 Å². The minimum absolute atomic E-state index is 0.122. The topological polar surface area (TPSA) is 114 Å². The Labute approximate surface area is 189 Å². The largest absolute Gasteiger partial charge is 0.449 e. The SMILES string of the molecule is CCCCOC(=O)N1CCC(NC(=O)c2sc(-c3cccc(F)c3)cc2NC(N)=O)CC1. The number of piperidine rings is 1. The standard InChI is InChI=1S/C22H27FN4O4S/c1-2-3-11-31-22(30)27-9-7-16(8-10-27)25-20(28)19-17(26-21(24)29)13-18(32-19)14-5-4-6-15(23)12-14/h4-6,12-13,16H,2-3,7-11H2,1H3,(H,25,28)(H3,24,26,29). The van der Waals surface area contributed by atoms with E-state index in [0.29, 0.717) is 43.0 Å². The number of halogens is 1. The fourth-order valence-electron chi connectivity index (χ4n) is 3.42. The van der Waals surface area contributed by atoms with Crippen molar-refractivity contribution in [3.63, 3.8) is 0 Å². The van der Waals surface area contributed by atoms with E-state index < -0.39 is 11.8 Å². The van der Waals surface area contributed by atoms with Gasteiger partial charge in [0.1, 0.15) is 10.7 Å². The number of likely N-dealkylation sites (tertiary alicyclic amines) is 1. The number of amides is 4. The molecule has 0 unspecified atom stereocenters. The summed E-state index contributed by atoms with van der Waals surface area (Å²) in [5, 5.41) is 5.43. The van der Waals surface area contributed by atoms with Crippen LogP contribution in [-0.4, -0.2) is 48.7 Å². The molecule has 1 aliphatic rings. The molecule has 1 aromatic carbocycles. The molecule has 8 nitrogen and oxygen atoms in total. The number of carbonyl (C=O) groups excluding carboxylic acids is 3. The zero-order valence-electron chi connectivity index (χ0n) is 17.9. The normalized spacial score (nSPS) is 14.1. The molecule has 0 bridgehead atoms.